The lowest BCUT2D eigenvalue weighted by Gasteiger charge is -2.46. The highest BCUT2D eigenvalue weighted by atomic mass is 16.6. The van der Waals surface area contributed by atoms with Gasteiger partial charge in [0.2, 0.25) is 17.7 Å². The first kappa shape index (κ1) is 51.7. The van der Waals surface area contributed by atoms with Gasteiger partial charge < -0.3 is 34.6 Å². The predicted octanol–water partition coefficient (Wildman–Crippen LogP) is 7.52. The molecule has 4 unspecified atom stereocenters. The summed E-state index contributed by atoms with van der Waals surface area (Å²) in [6.45, 7) is 19.3. The first-order valence-corrected chi connectivity index (χ1v) is 24.7. The Morgan fingerprint density at radius 3 is 1.44 bits per heavy atom. The quantitative estimate of drug-likeness (QED) is 0.101. The molecule has 4 saturated heterocycles. The van der Waals surface area contributed by atoms with Crippen LogP contribution in [0.4, 0.5) is 11.4 Å². The second-order valence-electron chi connectivity index (χ2n) is 19.2. The Morgan fingerprint density at radius 1 is 0.588 bits per heavy atom. The number of piperidine rings is 2. The molecular formula is C56H74N6O6. The number of esters is 2. The van der Waals surface area contributed by atoms with E-state index in [-0.39, 0.29) is 28.6 Å². The third-order valence-corrected chi connectivity index (χ3v) is 14.4. The fourth-order valence-electron chi connectivity index (χ4n) is 10.8. The second kappa shape index (κ2) is 25.1. The number of nitrogens with zero attached hydrogens (tertiary/aromatic N) is 5. The molecule has 0 aromatic heterocycles. The molecule has 4 heterocycles. The summed E-state index contributed by atoms with van der Waals surface area (Å²) in [7, 11) is 0. The number of carbonyl (C=O) groups is 5. The lowest BCUT2D eigenvalue weighted by atomic mass is 9.72. The molecular weight excluding hydrogens is 853 g/mol. The van der Waals surface area contributed by atoms with Crippen molar-refractivity contribution in [1.82, 2.24) is 20.0 Å². The van der Waals surface area contributed by atoms with Crippen LogP contribution in [-0.4, -0.2) is 123 Å². The molecule has 3 amide bonds. The number of benzene rings is 4. The molecule has 0 bridgehead atoms. The number of nitrogens with one attached hydrogen (secondary N) is 1. The maximum absolute atomic E-state index is 13.0. The monoisotopic (exact) mass is 927 g/mol. The standard InChI is InChI=1S/C27H35N3O2.C25H33N3O.C4H6O3/c1-3-26(32)30(25-12-8-5-9-13-25)21-27-19-28(16-14-23-10-6-4-7-11-23)17-15-24(27)18-29(20-27)22(2)31;1-2-24(29)28(23-11-7-4-8-12-23)20-25-18-26-17-22(25)14-16-27(19-25)15-13-21-9-5-3-6-10-21;1-3(5)7-4(2)6/h4-13,24H,3,14-21H2,1-2H3;3-12,22,26H,2,13-20H2,1H3;1-2H3. The number of fused-ring (bicyclic) bond motifs is 2. The van der Waals surface area contributed by atoms with Gasteiger partial charge in [0.05, 0.1) is 0 Å². The molecule has 12 heteroatoms. The van der Waals surface area contributed by atoms with Crippen LogP contribution < -0.4 is 15.1 Å². The molecule has 8 rings (SSSR count). The van der Waals surface area contributed by atoms with E-state index < -0.39 is 11.9 Å². The van der Waals surface area contributed by atoms with E-state index in [4.69, 9.17) is 0 Å². The van der Waals surface area contributed by atoms with Gasteiger partial charge in [0.1, 0.15) is 0 Å². The van der Waals surface area contributed by atoms with Crippen molar-refractivity contribution in [3.05, 3.63) is 132 Å². The van der Waals surface area contributed by atoms with Crippen molar-refractivity contribution in [1.29, 1.82) is 0 Å². The van der Waals surface area contributed by atoms with Gasteiger partial charge in [0.15, 0.2) is 0 Å². The number of amides is 3. The topological polar surface area (TPSA) is 123 Å². The summed E-state index contributed by atoms with van der Waals surface area (Å²) in [4.78, 5) is 69.0. The summed E-state index contributed by atoms with van der Waals surface area (Å²) in [6.07, 6.45) is 5.41. The zero-order valence-electron chi connectivity index (χ0n) is 41.1. The molecule has 4 aliphatic rings. The van der Waals surface area contributed by atoms with Crippen LogP contribution >= 0.6 is 0 Å². The first-order valence-electron chi connectivity index (χ1n) is 24.7. The van der Waals surface area contributed by atoms with E-state index in [0.717, 1.165) is 103 Å². The van der Waals surface area contributed by atoms with Gasteiger partial charge in [0, 0.05) is 115 Å². The highest BCUT2D eigenvalue weighted by Crippen LogP contribution is 2.44. The van der Waals surface area contributed by atoms with E-state index in [0.29, 0.717) is 31.2 Å². The van der Waals surface area contributed by atoms with Gasteiger partial charge in [-0.05, 0) is 92.5 Å². The fraction of sp³-hybridized carbons (Fsp3) is 0.482. The Balaban J connectivity index is 0.000000197. The number of anilines is 2. The molecule has 4 aliphatic heterocycles. The van der Waals surface area contributed by atoms with E-state index >= 15 is 0 Å². The largest absolute Gasteiger partial charge is 0.394 e. The van der Waals surface area contributed by atoms with Crippen molar-refractivity contribution < 1.29 is 28.7 Å². The summed E-state index contributed by atoms with van der Waals surface area (Å²) in [6, 6.07) is 41.6. The molecule has 0 aliphatic carbocycles. The van der Waals surface area contributed by atoms with Gasteiger partial charge >= 0.3 is 11.9 Å². The normalized spacial score (nSPS) is 22.0. The minimum atomic E-state index is -0.562. The van der Waals surface area contributed by atoms with E-state index in [1.54, 1.807) is 6.92 Å². The van der Waals surface area contributed by atoms with Gasteiger partial charge in [-0.2, -0.15) is 0 Å². The number of para-hydroxylation sites is 2. The van der Waals surface area contributed by atoms with Crippen LogP contribution in [0.2, 0.25) is 0 Å². The van der Waals surface area contributed by atoms with Crippen LogP contribution in [0.1, 0.15) is 71.4 Å². The highest BCUT2D eigenvalue weighted by molar-refractivity contribution is 5.94. The molecule has 1 N–H and O–H groups in total. The predicted molar refractivity (Wildman–Crippen MR) is 270 cm³/mol. The van der Waals surface area contributed by atoms with Crippen LogP contribution in [0.25, 0.3) is 0 Å². The van der Waals surface area contributed by atoms with Crippen LogP contribution in [0.5, 0.6) is 0 Å². The summed E-state index contributed by atoms with van der Waals surface area (Å²) in [5.74, 6) is 0.453. The number of ether oxygens (including phenoxy) is 1. The summed E-state index contributed by atoms with van der Waals surface area (Å²) in [5, 5.41) is 3.65. The molecule has 0 radical (unpaired) electrons. The molecule has 0 saturated carbocycles. The maximum Gasteiger partial charge on any atom is 0.310 e. The van der Waals surface area contributed by atoms with Gasteiger partial charge in [-0.15, -0.1) is 0 Å². The first-order chi connectivity index (χ1) is 32.8. The zero-order valence-corrected chi connectivity index (χ0v) is 41.1. The van der Waals surface area contributed by atoms with E-state index in [9.17, 15) is 24.0 Å². The Bertz CT molecular complexity index is 2220. The fourth-order valence-corrected chi connectivity index (χ4v) is 10.8. The zero-order chi connectivity index (χ0) is 48.5. The van der Waals surface area contributed by atoms with Crippen molar-refractivity contribution in [2.75, 3.05) is 88.3 Å². The minimum absolute atomic E-state index is 0.0960. The molecule has 4 aromatic carbocycles. The lowest BCUT2D eigenvalue weighted by Crippen LogP contribution is -2.55. The van der Waals surface area contributed by atoms with Crippen molar-refractivity contribution in [2.45, 2.75) is 73.1 Å². The third kappa shape index (κ3) is 14.2. The Morgan fingerprint density at radius 2 is 1.01 bits per heavy atom. The van der Waals surface area contributed by atoms with Crippen molar-refractivity contribution >= 4 is 41.0 Å². The number of rotatable bonds is 14. The number of carbonyl (C=O) groups excluding carboxylic acids is 5. The third-order valence-electron chi connectivity index (χ3n) is 14.4. The average Bonchev–Trinajstić information content (AvgIpc) is 3.96. The van der Waals surface area contributed by atoms with E-state index in [1.165, 1.54) is 31.4 Å². The Hall–Kier alpha value is -5.69. The Labute approximate surface area is 405 Å². The minimum Gasteiger partial charge on any atom is -0.394 e. The van der Waals surface area contributed by atoms with Gasteiger partial charge in [-0.1, -0.05) is 111 Å². The molecule has 4 aromatic rings. The molecule has 0 spiro atoms. The highest BCUT2D eigenvalue weighted by Gasteiger charge is 2.52. The second-order valence-corrected chi connectivity index (χ2v) is 19.2. The van der Waals surface area contributed by atoms with Crippen molar-refractivity contribution in [3.8, 4) is 0 Å². The van der Waals surface area contributed by atoms with E-state index in [2.05, 4.69) is 92.6 Å². The maximum atomic E-state index is 13.0. The van der Waals surface area contributed by atoms with Gasteiger partial charge in [0.25, 0.3) is 0 Å². The van der Waals surface area contributed by atoms with Crippen molar-refractivity contribution in [2.24, 2.45) is 22.7 Å². The smallest absolute Gasteiger partial charge is 0.310 e. The van der Waals surface area contributed by atoms with E-state index in [1.807, 2.05) is 77.1 Å². The number of hydrogen-bond acceptors (Lipinski definition) is 9. The Kier molecular flexibility index (Phi) is 19.1. The van der Waals surface area contributed by atoms with Gasteiger partial charge in [-0.25, -0.2) is 0 Å². The molecule has 68 heavy (non-hydrogen) atoms. The van der Waals surface area contributed by atoms with Crippen LogP contribution in [0.3, 0.4) is 0 Å². The van der Waals surface area contributed by atoms with Gasteiger partial charge in [-0.3, -0.25) is 24.0 Å². The molecule has 4 fully saturated rings. The summed E-state index contributed by atoms with van der Waals surface area (Å²) in [5.41, 5.74) is 4.78. The van der Waals surface area contributed by atoms with Crippen LogP contribution in [-0.2, 0) is 41.6 Å². The van der Waals surface area contributed by atoms with Crippen LogP contribution in [0.15, 0.2) is 121 Å². The molecule has 12 nitrogen and oxygen atoms in total. The SMILES string of the molecule is CC(=O)OC(C)=O.CCC(=O)N(CC12CN(CCc3ccccc3)CCC1CN(C(C)=O)C2)c1ccccc1.CCC(=O)N(CC12CNCC1CCN(CCc1ccccc1)C2)c1ccccc1. The lowest BCUT2D eigenvalue weighted by molar-refractivity contribution is -0.156. The van der Waals surface area contributed by atoms with Crippen molar-refractivity contribution in [3.63, 3.8) is 0 Å². The van der Waals surface area contributed by atoms with Crippen LogP contribution in [0, 0.1) is 22.7 Å². The number of likely N-dealkylation sites (tertiary alicyclic amines) is 3. The molecule has 4 atom stereocenters. The average molecular weight is 927 g/mol. The summed E-state index contributed by atoms with van der Waals surface area (Å²) < 4.78 is 3.97. The number of hydrogen-bond donors (Lipinski definition) is 1. The molecule has 364 valence electrons. The summed E-state index contributed by atoms with van der Waals surface area (Å²) >= 11 is 0.